The maximum Gasteiger partial charge on any atom is 0.223 e. The molecule has 0 spiro atoms. The lowest BCUT2D eigenvalue weighted by Gasteiger charge is -2.32. The highest BCUT2D eigenvalue weighted by Crippen LogP contribution is 2.22. The fourth-order valence-electron chi connectivity index (χ4n) is 3.92. The monoisotopic (exact) mass is 357 g/mol. The molecule has 2 aromatic heterocycles. The van der Waals surface area contributed by atoms with Gasteiger partial charge in [-0.25, -0.2) is 0 Å². The molecule has 1 N–H and O–H groups in total. The lowest BCUT2D eigenvalue weighted by molar-refractivity contribution is -0.125. The van der Waals surface area contributed by atoms with Gasteiger partial charge in [-0.15, -0.1) is 15.3 Å². The van der Waals surface area contributed by atoms with Gasteiger partial charge in [0.25, 0.3) is 0 Å². The summed E-state index contributed by atoms with van der Waals surface area (Å²) < 4.78 is 1.69. The molecule has 2 saturated heterocycles. The Labute approximate surface area is 153 Å². The Morgan fingerprint density at radius 3 is 2.73 bits per heavy atom. The van der Waals surface area contributed by atoms with E-state index in [1.807, 2.05) is 12.1 Å². The third-order valence-corrected chi connectivity index (χ3v) is 5.51. The molecule has 140 valence electrons. The van der Waals surface area contributed by atoms with Gasteiger partial charge in [0.15, 0.2) is 5.65 Å². The summed E-state index contributed by atoms with van der Waals surface area (Å²) in [4.78, 5) is 17.1. The van der Waals surface area contributed by atoms with Gasteiger partial charge < -0.3 is 15.1 Å². The Kier molecular flexibility index (Phi) is 5.29. The molecule has 1 amide bonds. The first-order valence-electron chi connectivity index (χ1n) is 9.72. The fraction of sp³-hybridized carbons (Fsp3) is 0.667. The van der Waals surface area contributed by atoms with Crippen LogP contribution in [0.25, 0.3) is 5.65 Å². The van der Waals surface area contributed by atoms with Crippen LogP contribution in [0.4, 0.5) is 5.82 Å². The van der Waals surface area contributed by atoms with E-state index in [1.54, 1.807) is 10.8 Å². The topological polar surface area (TPSA) is 78.7 Å². The van der Waals surface area contributed by atoms with E-state index in [1.165, 1.54) is 32.4 Å². The van der Waals surface area contributed by atoms with E-state index in [9.17, 15) is 4.79 Å². The molecule has 2 aliphatic heterocycles. The summed E-state index contributed by atoms with van der Waals surface area (Å²) in [5.41, 5.74) is 0.747. The zero-order chi connectivity index (χ0) is 17.8. The van der Waals surface area contributed by atoms with Crippen molar-refractivity contribution in [2.45, 2.75) is 32.1 Å². The van der Waals surface area contributed by atoms with Crippen molar-refractivity contribution in [3.05, 3.63) is 18.5 Å². The van der Waals surface area contributed by atoms with E-state index < -0.39 is 0 Å². The number of carbonyl (C=O) groups excluding carboxylic acids is 1. The molecular weight excluding hydrogens is 330 g/mol. The maximum absolute atomic E-state index is 12.4. The summed E-state index contributed by atoms with van der Waals surface area (Å²) in [6.07, 6.45) is 7.29. The summed E-state index contributed by atoms with van der Waals surface area (Å²) in [6, 6.07) is 3.90. The molecule has 0 unspecified atom stereocenters. The molecule has 2 aliphatic rings. The van der Waals surface area contributed by atoms with E-state index in [0.717, 1.165) is 50.5 Å². The number of carbonyl (C=O) groups is 1. The van der Waals surface area contributed by atoms with Crippen molar-refractivity contribution in [2.24, 2.45) is 5.92 Å². The maximum atomic E-state index is 12.4. The minimum absolute atomic E-state index is 0.117. The van der Waals surface area contributed by atoms with Crippen molar-refractivity contribution in [1.82, 2.24) is 30.0 Å². The van der Waals surface area contributed by atoms with Gasteiger partial charge in [0.2, 0.25) is 5.91 Å². The average Bonchev–Trinajstić information content (AvgIpc) is 3.17. The Morgan fingerprint density at radius 2 is 1.92 bits per heavy atom. The van der Waals surface area contributed by atoms with Crippen LogP contribution in [0.15, 0.2) is 18.5 Å². The molecule has 8 nitrogen and oxygen atoms in total. The Hall–Kier alpha value is -2.22. The molecule has 8 heteroatoms. The van der Waals surface area contributed by atoms with Crippen LogP contribution in [-0.2, 0) is 4.79 Å². The lowest BCUT2D eigenvalue weighted by Crippen LogP contribution is -2.43. The largest absolute Gasteiger partial charge is 0.355 e. The van der Waals surface area contributed by atoms with E-state index >= 15 is 0 Å². The number of hydrogen-bond acceptors (Lipinski definition) is 6. The van der Waals surface area contributed by atoms with Crippen LogP contribution >= 0.6 is 0 Å². The summed E-state index contributed by atoms with van der Waals surface area (Å²) in [6.45, 7) is 5.81. The molecule has 0 radical (unpaired) electrons. The fourth-order valence-corrected chi connectivity index (χ4v) is 3.92. The third kappa shape index (κ3) is 3.95. The second kappa shape index (κ2) is 7.99. The van der Waals surface area contributed by atoms with Crippen molar-refractivity contribution >= 4 is 17.4 Å². The number of piperidine rings is 2. The number of fused-ring (bicyclic) bond motifs is 1. The van der Waals surface area contributed by atoms with Crippen LogP contribution in [0, 0.1) is 5.92 Å². The zero-order valence-electron chi connectivity index (χ0n) is 15.2. The van der Waals surface area contributed by atoms with Gasteiger partial charge in [0, 0.05) is 32.1 Å². The number of rotatable bonds is 5. The molecule has 0 aromatic carbocycles. The molecule has 26 heavy (non-hydrogen) atoms. The molecule has 0 bridgehead atoms. The summed E-state index contributed by atoms with van der Waals surface area (Å²) in [5, 5.41) is 15.5. The second-order valence-electron chi connectivity index (χ2n) is 7.28. The van der Waals surface area contributed by atoms with E-state index in [2.05, 4.69) is 30.4 Å². The Morgan fingerprint density at radius 1 is 1.12 bits per heavy atom. The summed E-state index contributed by atoms with van der Waals surface area (Å²) in [7, 11) is 0. The average molecular weight is 357 g/mol. The van der Waals surface area contributed by atoms with Crippen LogP contribution < -0.4 is 10.2 Å². The third-order valence-electron chi connectivity index (χ3n) is 5.51. The van der Waals surface area contributed by atoms with Gasteiger partial charge in [-0.05, 0) is 50.9 Å². The zero-order valence-corrected chi connectivity index (χ0v) is 15.2. The van der Waals surface area contributed by atoms with Gasteiger partial charge in [-0.1, -0.05) is 6.42 Å². The molecule has 2 aromatic rings. The summed E-state index contributed by atoms with van der Waals surface area (Å²) in [5.74, 6) is 1.25. The molecule has 0 atom stereocenters. The highest BCUT2D eigenvalue weighted by Gasteiger charge is 2.25. The van der Waals surface area contributed by atoms with Gasteiger partial charge in [-0.2, -0.15) is 4.52 Å². The van der Waals surface area contributed by atoms with E-state index in [4.69, 9.17) is 0 Å². The Bertz CT molecular complexity index is 732. The van der Waals surface area contributed by atoms with Crippen molar-refractivity contribution < 1.29 is 4.79 Å². The van der Waals surface area contributed by atoms with E-state index in [0.29, 0.717) is 0 Å². The molecular formula is C18H27N7O. The standard InChI is InChI=1S/C18H27N7O/c26-18(19-8-13-23-9-2-1-3-10-23)15-6-11-24(12-7-15)17-5-4-16-21-20-14-25(16)22-17/h4-5,14-15H,1-3,6-13H2,(H,19,26). The van der Waals surface area contributed by atoms with Gasteiger partial charge >= 0.3 is 0 Å². The van der Waals surface area contributed by atoms with Crippen LogP contribution in [0.2, 0.25) is 0 Å². The molecule has 0 aliphatic carbocycles. The van der Waals surface area contributed by atoms with Gasteiger partial charge in [0.1, 0.15) is 12.1 Å². The first-order chi connectivity index (χ1) is 12.8. The number of anilines is 1. The van der Waals surface area contributed by atoms with Crippen molar-refractivity contribution in [2.75, 3.05) is 44.2 Å². The quantitative estimate of drug-likeness (QED) is 0.858. The minimum Gasteiger partial charge on any atom is -0.355 e. The highest BCUT2D eigenvalue weighted by molar-refractivity contribution is 5.78. The van der Waals surface area contributed by atoms with Crippen LogP contribution in [0.1, 0.15) is 32.1 Å². The first-order valence-corrected chi connectivity index (χ1v) is 9.72. The lowest BCUT2D eigenvalue weighted by atomic mass is 9.96. The molecule has 4 rings (SSSR count). The number of hydrogen-bond donors (Lipinski definition) is 1. The predicted molar refractivity (Wildman–Crippen MR) is 99.0 cm³/mol. The Balaban J connectivity index is 1.23. The van der Waals surface area contributed by atoms with Crippen molar-refractivity contribution in [1.29, 1.82) is 0 Å². The number of amides is 1. The number of nitrogens with zero attached hydrogens (tertiary/aromatic N) is 6. The van der Waals surface area contributed by atoms with Crippen LogP contribution in [0.5, 0.6) is 0 Å². The molecule has 0 saturated carbocycles. The van der Waals surface area contributed by atoms with Crippen molar-refractivity contribution in [3.8, 4) is 0 Å². The van der Waals surface area contributed by atoms with Gasteiger partial charge in [0.05, 0.1) is 0 Å². The number of aromatic nitrogens is 4. The predicted octanol–water partition coefficient (Wildman–Crippen LogP) is 0.943. The normalized spacial score (nSPS) is 19.8. The number of nitrogens with one attached hydrogen (secondary N) is 1. The van der Waals surface area contributed by atoms with Gasteiger partial charge in [-0.3, -0.25) is 4.79 Å². The first kappa shape index (κ1) is 17.2. The highest BCUT2D eigenvalue weighted by atomic mass is 16.1. The smallest absolute Gasteiger partial charge is 0.223 e. The minimum atomic E-state index is 0.117. The van der Waals surface area contributed by atoms with E-state index in [-0.39, 0.29) is 11.8 Å². The van der Waals surface area contributed by atoms with Crippen LogP contribution in [0.3, 0.4) is 0 Å². The summed E-state index contributed by atoms with van der Waals surface area (Å²) >= 11 is 0. The number of likely N-dealkylation sites (tertiary alicyclic amines) is 1. The molecule has 2 fully saturated rings. The van der Waals surface area contributed by atoms with Crippen LogP contribution in [-0.4, -0.2) is 69.9 Å². The second-order valence-corrected chi connectivity index (χ2v) is 7.28. The molecule has 4 heterocycles. The van der Waals surface area contributed by atoms with Crippen molar-refractivity contribution in [3.63, 3.8) is 0 Å². The SMILES string of the molecule is O=C(NCCN1CCCCC1)C1CCN(c2ccc3nncn3n2)CC1.